The molecule has 0 saturated heterocycles. The van der Waals surface area contributed by atoms with Crippen LogP contribution in [0.3, 0.4) is 0 Å². The summed E-state index contributed by atoms with van der Waals surface area (Å²) in [6.07, 6.45) is 5.65. The third-order valence-corrected chi connectivity index (χ3v) is 12.8. The number of aliphatic hydroxyl groups is 1. The Balaban J connectivity index is 1.30. The normalized spacial score (nSPS) is 29.1. The summed E-state index contributed by atoms with van der Waals surface area (Å²) in [4.78, 5) is 29.6. The summed E-state index contributed by atoms with van der Waals surface area (Å²) in [6, 6.07) is 11.3. The van der Waals surface area contributed by atoms with Crippen LogP contribution in [0.25, 0.3) is 0 Å². The summed E-state index contributed by atoms with van der Waals surface area (Å²) < 4.78 is 34.4. The zero-order valence-corrected chi connectivity index (χ0v) is 30.1. The largest absolute Gasteiger partial charge is 0.490 e. The van der Waals surface area contributed by atoms with Crippen molar-refractivity contribution in [3.63, 3.8) is 0 Å². The molecule has 4 aliphatic rings. The topological polar surface area (TPSA) is 135 Å². The first-order valence-electron chi connectivity index (χ1n) is 17.1. The molecule has 0 radical (unpaired) electrons. The Bertz CT molecular complexity index is 2030. The summed E-state index contributed by atoms with van der Waals surface area (Å²) in [5.74, 6) is 5.15. The maximum Gasteiger partial charge on any atom is 0.286 e. The number of amides is 2. The number of aliphatic hydroxyl groups excluding tert-OH is 1. The molecule has 50 heavy (non-hydrogen) atoms. The molecule has 1 aromatic heterocycles. The molecule has 6 atom stereocenters. The summed E-state index contributed by atoms with van der Waals surface area (Å²) >= 11 is 6.42. The van der Waals surface area contributed by atoms with E-state index in [9.17, 15) is 18.9 Å². The molecule has 7 rings (SSSR count). The lowest BCUT2D eigenvalue weighted by molar-refractivity contribution is 0.0515. The smallest absolute Gasteiger partial charge is 0.286 e. The number of aryl methyl sites for hydroxylation is 2. The van der Waals surface area contributed by atoms with E-state index in [-0.39, 0.29) is 45.9 Å². The number of anilines is 1. The Labute approximate surface area is 298 Å². The summed E-state index contributed by atoms with van der Waals surface area (Å²) in [5.41, 5.74) is 3.18. The predicted octanol–water partition coefficient (Wildman–Crippen LogP) is 4.94. The van der Waals surface area contributed by atoms with Crippen LogP contribution in [0.15, 0.2) is 47.0 Å². The van der Waals surface area contributed by atoms with E-state index in [4.69, 9.17) is 21.1 Å². The first kappa shape index (κ1) is 34.4. The Morgan fingerprint density at radius 1 is 1.24 bits per heavy atom. The van der Waals surface area contributed by atoms with Crippen LogP contribution in [0.5, 0.6) is 11.6 Å². The quantitative estimate of drug-likeness (QED) is 0.364. The number of hydrogen-bond acceptors (Lipinski definition) is 8. The van der Waals surface area contributed by atoms with Crippen LogP contribution in [-0.4, -0.2) is 69.6 Å². The second-order valence-electron chi connectivity index (χ2n) is 14.2. The van der Waals surface area contributed by atoms with Crippen molar-refractivity contribution in [3.8, 4) is 23.5 Å². The third-order valence-electron chi connectivity index (χ3n) is 10.5. The molecule has 0 unspecified atom stereocenters. The highest BCUT2D eigenvalue weighted by Gasteiger charge is 2.44. The van der Waals surface area contributed by atoms with E-state index < -0.39 is 27.8 Å². The number of fused-ring (bicyclic) bond motifs is 4. The zero-order valence-electron chi connectivity index (χ0n) is 28.5. The Kier molecular flexibility index (Phi) is 9.35. The van der Waals surface area contributed by atoms with Crippen LogP contribution in [0.1, 0.15) is 70.9 Å². The Morgan fingerprint density at radius 3 is 2.86 bits per heavy atom. The SMILES string of the molecule is COc1nn(C)cc1C(=O)N[S@@]1(=O)=NC(=O)c2ccc3c(c2)N(C[C@@H]2CC[C@H]2[C@@H](O)C#CC[C@H](C)C1)C[C@@]1(CCCc2cc(Cl)ccc21)CO3. The van der Waals surface area contributed by atoms with E-state index in [2.05, 4.69) is 43.1 Å². The highest BCUT2D eigenvalue weighted by Crippen LogP contribution is 2.46. The van der Waals surface area contributed by atoms with Gasteiger partial charge in [-0.15, -0.1) is 15.4 Å². The van der Waals surface area contributed by atoms with Crippen molar-refractivity contribution < 1.29 is 28.4 Å². The lowest BCUT2D eigenvalue weighted by Gasteiger charge is -2.45. The molecule has 3 aromatic rings. The molecule has 1 fully saturated rings. The molecule has 3 heterocycles. The van der Waals surface area contributed by atoms with Crippen LogP contribution in [0, 0.1) is 29.6 Å². The van der Waals surface area contributed by atoms with Gasteiger partial charge in [-0.2, -0.15) is 0 Å². The minimum atomic E-state index is -3.65. The molecule has 2 aliphatic carbocycles. The van der Waals surface area contributed by atoms with Crippen LogP contribution in [-0.2, 0) is 28.8 Å². The van der Waals surface area contributed by atoms with E-state index in [0.29, 0.717) is 36.9 Å². The Morgan fingerprint density at radius 2 is 2.08 bits per heavy atom. The lowest BCUT2D eigenvalue weighted by Crippen LogP contribution is -2.49. The minimum absolute atomic E-state index is 0.00419. The number of aromatic nitrogens is 2. The molecule has 2 aliphatic heterocycles. The van der Waals surface area contributed by atoms with Crippen molar-refractivity contribution in [3.05, 3.63) is 69.9 Å². The Hall–Kier alpha value is -4.05. The maximum absolute atomic E-state index is 14.5. The summed E-state index contributed by atoms with van der Waals surface area (Å²) in [7, 11) is -0.633. The van der Waals surface area contributed by atoms with Crippen molar-refractivity contribution in [2.75, 3.05) is 37.5 Å². The number of hydrogen-bond donors (Lipinski definition) is 2. The first-order valence-corrected chi connectivity index (χ1v) is 19.2. The van der Waals surface area contributed by atoms with E-state index in [1.165, 1.54) is 29.1 Å². The summed E-state index contributed by atoms with van der Waals surface area (Å²) in [5, 5.41) is 16.1. The van der Waals surface area contributed by atoms with Crippen molar-refractivity contribution >= 4 is 39.0 Å². The second-order valence-corrected chi connectivity index (χ2v) is 16.7. The van der Waals surface area contributed by atoms with Gasteiger partial charge in [0.15, 0.2) is 0 Å². The molecule has 2 aromatic carbocycles. The molecule has 11 nitrogen and oxygen atoms in total. The number of nitrogens with one attached hydrogen (secondary N) is 1. The van der Waals surface area contributed by atoms with E-state index in [1.54, 1.807) is 25.2 Å². The zero-order chi connectivity index (χ0) is 35.2. The number of carbonyl (C=O) groups excluding carboxylic acids is 2. The van der Waals surface area contributed by atoms with Crippen LogP contribution < -0.4 is 19.1 Å². The van der Waals surface area contributed by atoms with E-state index in [0.717, 1.165) is 37.8 Å². The highest BCUT2D eigenvalue weighted by molar-refractivity contribution is 7.92. The number of benzene rings is 2. The molecule has 2 N–H and O–H groups in total. The molecule has 13 heteroatoms. The molecule has 1 saturated carbocycles. The number of methoxy groups -OCH3 is 1. The fourth-order valence-corrected chi connectivity index (χ4v) is 9.98. The van der Waals surface area contributed by atoms with Gasteiger partial charge in [0.2, 0.25) is 5.88 Å². The third kappa shape index (κ3) is 6.71. The van der Waals surface area contributed by atoms with Crippen LogP contribution in [0.2, 0.25) is 5.02 Å². The fraction of sp³-hybridized carbons (Fsp3) is 0.486. The van der Waals surface area contributed by atoms with Gasteiger partial charge in [0.1, 0.15) is 27.3 Å². The van der Waals surface area contributed by atoms with Gasteiger partial charge in [0.25, 0.3) is 11.8 Å². The van der Waals surface area contributed by atoms with Gasteiger partial charge in [0.05, 0.1) is 25.2 Å². The highest BCUT2D eigenvalue weighted by atomic mass is 35.5. The standard InChI is InChI=1S/C37H42ClN5O6S/c1-23-6-4-8-32(44)28-12-9-26(28)18-43-21-37(15-5-7-24-16-27(38)11-13-30(24)37)22-49-33-14-10-25(17-31(33)43)34(45)40-50(47,20-23)41-35(46)29-19-42(2)39-36(29)48-3/h10-11,13-14,16-17,19,23,26,28,32,44H,5-7,9,12,15,18,20-22H2,1-3H3,(H,40,41,45,46,47)/t23-,26-,28+,32-,37-,50-/m0/s1. The van der Waals surface area contributed by atoms with Gasteiger partial charge in [-0.25, -0.2) is 4.21 Å². The minimum Gasteiger partial charge on any atom is -0.490 e. The van der Waals surface area contributed by atoms with Crippen molar-refractivity contribution in [1.29, 1.82) is 0 Å². The van der Waals surface area contributed by atoms with Gasteiger partial charge in [-0.3, -0.25) is 19.0 Å². The van der Waals surface area contributed by atoms with Gasteiger partial charge in [0, 0.05) is 54.7 Å². The average molecular weight is 720 g/mol. The van der Waals surface area contributed by atoms with Crippen LogP contribution >= 0.6 is 11.6 Å². The van der Waals surface area contributed by atoms with Gasteiger partial charge in [-0.1, -0.05) is 30.5 Å². The van der Waals surface area contributed by atoms with Crippen molar-refractivity contribution in [2.45, 2.75) is 57.0 Å². The second kappa shape index (κ2) is 13.6. The van der Waals surface area contributed by atoms with Crippen molar-refractivity contribution in [2.24, 2.45) is 29.2 Å². The van der Waals surface area contributed by atoms with Gasteiger partial charge >= 0.3 is 0 Å². The van der Waals surface area contributed by atoms with E-state index >= 15 is 0 Å². The molecule has 2 bridgehead atoms. The van der Waals surface area contributed by atoms with Gasteiger partial charge < -0.3 is 19.5 Å². The number of carbonyl (C=O) groups is 2. The first-order chi connectivity index (χ1) is 24.0. The van der Waals surface area contributed by atoms with E-state index in [1.807, 2.05) is 13.0 Å². The predicted molar refractivity (Wildman–Crippen MR) is 191 cm³/mol. The van der Waals surface area contributed by atoms with Crippen LogP contribution in [0.4, 0.5) is 5.69 Å². The monoisotopic (exact) mass is 719 g/mol. The summed E-state index contributed by atoms with van der Waals surface area (Å²) in [6.45, 7) is 3.58. The number of halogens is 1. The number of nitrogens with zero attached hydrogens (tertiary/aromatic N) is 4. The molecule has 2 amide bonds. The average Bonchev–Trinajstić information content (AvgIpc) is 3.37. The number of rotatable bonds is 3. The van der Waals surface area contributed by atoms with Crippen molar-refractivity contribution in [1.82, 2.24) is 14.5 Å². The molecular weight excluding hydrogens is 678 g/mol. The maximum atomic E-state index is 14.5. The number of ether oxygens (including phenoxy) is 2. The molecular formula is C37H42ClN5O6S. The van der Waals surface area contributed by atoms with Gasteiger partial charge in [-0.05, 0) is 85.4 Å². The molecule has 1 spiro atoms. The fourth-order valence-electron chi connectivity index (χ4n) is 7.92. The lowest BCUT2D eigenvalue weighted by atomic mass is 9.68. The molecule has 264 valence electrons.